The highest BCUT2D eigenvalue weighted by molar-refractivity contribution is 5.97. The molecule has 2 heterocycles. The van der Waals surface area contributed by atoms with Crippen LogP contribution in [0, 0.1) is 12.8 Å². The van der Waals surface area contributed by atoms with Crippen LogP contribution in [-0.2, 0) is 11.3 Å². The van der Waals surface area contributed by atoms with E-state index in [0.29, 0.717) is 18.9 Å². The first-order valence-corrected chi connectivity index (χ1v) is 5.44. The van der Waals surface area contributed by atoms with Gasteiger partial charge in [0.15, 0.2) is 0 Å². The number of rotatable bonds is 2. The lowest BCUT2D eigenvalue weighted by Crippen LogP contribution is -2.53. The third kappa shape index (κ3) is 2.58. The summed E-state index contributed by atoms with van der Waals surface area (Å²) in [6.07, 6.45) is 1.66. The third-order valence-corrected chi connectivity index (χ3v) is 2.65. The highest BCUT2D eigenvalue weighted by atomic mass is 16.2. The smallest absolute Gasteiger partial charge is 0.318 e. The molecule has 0 saturated carbocycles. The molecule has 90 valence electrons. The third-order valence-electron chi connectivity index (χ3n) is 2.65. The van der Waals surface area contributed by atoms with Crippen molar-refractivity contribution in [2.24, 2.45) is 5.92 Å². The minimum absolute atomic E-state index is 0.185. The molecule has 0 spiro atoms. The molecule has 0 radical (unpaired) electrons. The van der Waals surface area contributed by atoms with Crippen molar-refractivity contribution in [1.29, 1.82) is 0 Å². The summed E-state index contributed by atoms with van der Waals surface area (Å²) >= 11 is 0. The van der Waals surface area contributed by atoms with Gasteiger partial charge < -0.3 is 4.90 Å². The molecule has 6 heteroatoms. The monoisotopic (exact) mass is 234 g/mol. The maximum Gasteiger partial charge on any atom is 0.324 e. The van der Waals surface area contributed by atoms with E-state index in [1.54, 1.807) is 31.0 Å². The Labute approximate surface area is 99.1 Å². The topological polar surface area (TPSA) is 75.2 Å². The van der Waals surface area contributed by atoms with Crippen LogP contribution < -0.4 is 5.32 Å². The van der Waals surface area contributed by atoms with Crippen LogP contribution in [0.4, 0.5) is 4.79 Å². The van der Waals surface area contributed by atoms with Gasteiger partial charge in [0.2, 0.25) is 5.91 Å². The molecule has 0 bridgehead atoms. The molecule has 6 nitrogen and oxygen atoms in total. The number of amides is 3. The normalized spacial score (nSPS) is 20.4. The summed E-state index contributed by atoms with van der Waals surface area (Å²) in [6.45, 7) is 4.41. The van der Waals surface area contributed by atoms with E-state index in [4.69, 9.17) is 0 Å². The molecule has 3 amide bonds. The molecule has 1 N–H and O–H groups in total. The summed E-state index contributed by atoms with van der Waals surface area (Å²) in [4.78, 5) is 32.7. The maximum absolute atomic E-state index is 11.6. The van der Waals surface area contributed by atoms with Crippen LogP contribution in [0.3, 0.4) is 0 Å². The number of carbonyl (C=O) groups excluding carboxylic acids is 2. The predicted octanol–water partition coefficient (Wildman–Crippen LogP) is 0.473. The minimum Gasteiger partial charge on any atom is -0.318 e. The Morgan fingerprint density at radius 1 is 1.53 bits per heavy atom. The van der Waals surface area contributed by atoms with Crippen LogP contribution in [0.15, 0.2) is 12.3 Å². The van der Waals surface area contributed by atoms with Gasteiger partial charge in [-0.1, -0.05) is 6.92 Å². The predicted molar refractivity (Wildman–Crippen MR) is 59.9 cm³/mol. The Morgan fingerprint density at radius 2 is 2.29 bits per heavy atom. The zero-order valence-corrected chi connectivity index (χ0v) is 9.80. The lowest BCUT2D eigenvalue weighted by atomic mass is 10.1. The highest BCUT2D eigenvalue weighted by Crippen LogP contribution is 2.10. The summed E-state index contributed by atoms with van der Waals surface area (Å²) in [7, 11) is 0. The lowest BCUT2D eigenvalue weighted by molar-refractivity contribution is -0.125. The Bertz CT molecular complexity index is 461. The van der Waals surface area contributed by atoms with E-state index in [-0.39, 0.29) is 17.9 Å². The second-order valence-electron chi connectivity index (χ2n) is 4.17. The van der Waals surface area contributed by atoms with E-state index in [1.165, 1.54) is 0 Å². The summed E-state index contributed by atoms with van der Waals surface area (Å²) < 4.78 is 0. The summed E-state index contributed by atoms with van der Waals surface area (Å²) in [5, 5.41) is 2.32. The largest absolute Gasteiger partial charge is 0.324 e. The molecular weight excluding hydrogens is 220 g/mol. The molecule has 1 unspecified atom stereocenters. The van der Waals surface area contributed by atoms with E-state index >= 15 is 0 Å². The number of aryl methyl sites for hydroxylation is 1. The molecule has 1 atom stereocenters. The Hall–Kier alpha value is -1.98. The van der Waals surface area contributed by atoms with Gasteiger partial charge in [0.05, 0.1) is 18.2 Å². The summed E-state index contributed by atoms with van der Waals surface area (Å²) in [6, 6.07) is 1.41. The van der Waals surface area contributed by atoms with Gasteiger partial charge in [-0.2, -0.15) is 0 Å². The van der Waals surface area contributed by atoms with Gasteiger partial charge in [-0.25, -0.2) is 14.8 Å². The molecule has 1 fully saturated rings. The van der Waals surface area contributed by atoms with Gasteiger partial charge in [-0.05, 0) is 13.0 Å². The van der Waals surface area contributed by atoms with Gasteiger partial charge >= 0.3 is 6.03 Å². The van der Waals surface area contributed by atoms with Crippen molar-refractivity contribution in [1.82, 2.24) is 20.2 Å². The number of nitrogens with one attached hydrogen (secondary N) is 1. The van der Waals surface area contributed by atoms with Crippen molar-refractivity contribution in [3.8, 4) is 0 Å². The molecular formula is C11H14N4O2. The van der Waals surface area contributed by atoms with E-state index in [1.807, 2.05) is 0 Å². The van der Waals surface area contributed by atoms with Crippen LogP contribution >= 0.6 is 0 Å². The second-order valence-corrected chi connectivity index (χ2v) is 4.17. The van der Waals surface area contributed by atoms with Crippen LogP contribution in [0.2, 0.25) is 0 Å². The van der Waals surface area contributed by atoms with E-state index < -0.39 is 0 Å². The molecule has 1 aromatic heterocycles. The van der Waals surface area contributed by atoms with Crippen LogP contribution in [-0.4, -0.2) is 33.4 Å². The van der Waals surface area contributed by atoms with Gasteiger partial charge in [0.25, 0.3) is 0 Å². The number of aromatic nitrogens is 2. The molecule has 17 heavy (non-hydrogen) atoms. The minimum atomic E-state index is -0.357. The van der Waals surface area contributed by atoms with Gasteiger partial charge in [0.1, 0.15) is 5.82 Å². The number of urea groups is 1. The van der Waals surface area contributed by atoms with Crippen molar-refractivity contribution in [2.45, 2.75) is 20.4 Å². The standard InChI is InChI=1S/C11H14N4O2/c1-7-5-15(11(17)14-10(7)16)6-9-3-4-12-8(2)13-9/h3-4,7H,5-6H2,1-2H3,(H,14,16,17). The molecule has 0 aromatic carbocycles. The van der Waals surface area contributed by atoms with Gasteiger partial charge in [-0.3, -0.25) is 10.1 Å². The fourth-order valence-electron chi connectivity index (χ4n) is 1.73. The second kappa shape index (κ2) is 4.48. The van der Waals surface area contributed by atoms with Gasteiger partial charge in [0, 0.05) is 12.7 Å². The molecule has 1 saturated heterocycles. The molecule has 1 aliphatic rings. The summed E-state index contributed by atoms with van der Waals surface area (Å²) in [5.41, 5.74) is 0.772. The zero-order chi connectivity index (χ0) is 12.4. The fraction of sp³-hybridized carbons (Fsp3) is 0.455. The lowest BCUT2D eigenvalue weighted by Gasteiger charge is -2.30. The molecule has 0 aliphatic carbocycles. The highest BCUT2D eigenvalue weighted by Gasteiger charge is 2.29. The number of imide groups is 1. The van der Waals surface area contributed by atoms with Crippen molar-refractivity contribution >= 4 is 11.9 Å². The average Bonchev–Trinajstić information content (AvgIpc) is 2.26. The number of carbonyl (C=O) groups is 2. The number of nitrogens with zero attached hydrogens (tertiary/aromatic N) is 3. The fourth-order valence-corrected chi connectivity index (χ4v) is 1.73. The molecule has 1 aliphatic heterocycles. The first kappa shape index (κ1) is 11.5. The maximum atomic E-state index is 11.6. The van der Waals surface area contributed by atoms with Crippen molar-refractivity contribution < 1.29 is 9.59 Å². The first-order valence-electron chi connectivity index (χ1n) is 5.44. The molecule has 1 aromatic rings. The Kier molecular flexibility index (Phi) is 3.03. The van der Waals surface area contributed by atoms with Crippen LogP contribution in [0.1, 0.15) is 18.4 Å². The Morgan fingerprint density at radius 3 is 3.00 bits per heavy atom. The zero-order valence-electron chi connectivity index (χ0n) is 9.80. The van der Waals surface area contributed by atoms with Crippen molar-refractivity contribution in [3.05, 3.63) is 23.8 Å². The summed E-state index contributed by atoms with van der Waals surface area (Å²) in [5.74, 6) is 0.268. The van der Waals surface area contributed by atoms with Gasteiger partial charge in [-0.15, -0.1) is 0 Å². The average molecular weight is 234 g/mol. The Balaban J connectivity index is 2.08. The van der Waals surface area contributed by atoms with Crippen LogP contribution in [0.25, 0.3) is 0 Å². The van der Waals surface area contributed by atoms with E-state index in [0.717, 1.165) is 5.69 Å². The van der Waals surface area contributed by atoms with Crippen molar-refractivity contribution in [2.75, 3.05) is 6.54 Å². The SMILES string of the molecule is Cc1nccc(CN2CC(C)C(=O)NC2=O)n1. The first-order chi connectivity index (χ1) is 8.06. The van der Waals surface area contributed by atoms with Crippen LogP contribution in [0.5, 0.6) is 0 Å². The quantitative estimate of drug-likeness (QED) is 0.807. The van der Waals surface area contributed by atoms with Crippen molar-refractivity contribution in [3.63, 3.8) is 0 Å². The number of hydrogen-bond acceptors (Lipinski definition) is 4. The number of hydrogen-bond donors (Lipinski definition) is 1. The van der Waals surface area contributed by atoms with E-state index in [2.05, 4.69) is 15.3 Å². The van der Waals surface area contributed by atoms with E-state index in [9.17, 15) is 9.59 Å². The molecule has 2 rings (SSSR count).